The Morgan fingerprint density at radius 3 is 2.81 bits per heavy atom. The SMILES string of the molecule is CCOC(=O)c1ccc(NC(=S)NC[C@@H]2CCCO2)cc1. The lowest BCUT2D eigenvalue weighted by Gasteiger charge is -2.14. The highest BCUT2D eigenvalue weighted by atomic mass is 32.1. The van der Waals surface area contributed by atoms with Crippen molar-refractivity contribution in [2.75, 3.05) is 25.1 Å². The molecule has 1 aromatic carbocycles. The quantitative estimate of drug-likeness (QED) is 0.643. The maximum absolute atomic E-state index is 11.5. The normalized spacial score (nSPS) is 17.3. The minimum absolute atomic E-state index is 0.246. The van der Waals surface area contributed by atoms with Crippen LogP contribution in [0.4, 0.5) is 5.69 Å². The van der Waals surface area contributed by atoms with Crippen molar-refractivity contribution < 1.29 is 14.3 Å². The minimum atomic E-state index is -0.317. The van der Waals surface area contributed by atoms with Crippen molar-refractivity contribution in [1.29, 1.82) is 0 Å². The van der Waals surface area contributed by atoms with Gasteiger partial charge in [-0.1, -0.05) is 0 Å². The Hall–Kier alpha value is -1.66. The molecule has 1 fully saturated rings. The molecule has 2 rings (SSSR count). The first-order valence-corrected chi connectivity index (χ1v) is 7.53. The van der Waals surface area contributed by atoms with Crippen LogP contribution in [0, 0.1) is 0 Å². The zero-order valence-corrected chi connectivity index (χ0v) is 12.9. The van der Waals surface area contributed by atoms with E-state index in [1.807, 2.05) is 0 Å². The van der Waals surface area contributed by atoms with E-state index in [1.165, 1.54) is 0 Å². The predicted octanol–water partition coefficient (Wildman–Crippen LogP) is 2.33. The van der Waals surface area contributed by atoms with Crippen LogP contribution in [0.15, 0.2) is 24.3 Å². The summed E-state index contributed by atoms with van der Waals surface area (Å²) in [6.07, 6.45) is 2.43. The van der Waals surface area contributed by atoms with Gasteiger partial charge < -0.3 is 20.1 Å². The van der Waals surface area contributed by atoms with Gasteiger partial charge in [0, 0.05) is 18.8 Å². The van der Waals surface area contributed by atoms with E-state index in [-0.39, 0.29) is 12.1 Å². The number of benzene rings is 1. The van der Waals surface area contributed by atoms with Crippen LogP contribution in [0.1, 0.15) is 30.1 Å². The topological polar surface area (TPSA) is 59.6 Å². The fraction of sp³-hybridized carbons (Fsp3) is 0.467. The van der Waals surface area contributed by atoms with Gasteiger partial charge in [0.25, 0.3) is 0 Å². The molecule has 1 saturated heterocycles. The largest absolute Gasteiger partial charge is 0.462 e. The fourth-order valence-corrected chi connectivity index (χ4v) is 2.29. The summed E-state index contributed by atoms with van der Waals surface area (Å²) in [4.78, 5) is 11.5. The number of carbonyl (C=O) groups excluding carboxylic acids is 1. The number of rotatable bonds is 5. The monoisotopic (exact) mass is 308 g/mol. The van der Waals surface area contributed by atoms with Crippen molar-refractivity contribution >= 4 is 29.0 Å². The molecular formula is C15H20N2O3S. The van der Waals surface area contributed by atoms with Crippen LogP contribution < -0.4 is 10.6 Å². The molecule has 0 bridgehead atoms. The molecule has 6 heteroatoms. The second-order valence-electron chi connectivity index (χ2n) is 4.77. The molecular weight excluding hydrogens is 288 g/mol. The molecule has 1 heterocycles. The smallest absolute Gasteiger partial charge is 0.338 e. The number of hydrogen-bond acceptors (Lipinski definition) is 4. The van der Waals surface area contributed by atoms with Gasteiger partial charge >= 0.3 is 5.97 Å². The summed E-state index contributed by atoms with van der Waals surface area (Å²) in [5, 5.41) is 6.76. The standard InChI is InChI=1S/C15H20N2O3S/c1-2-19-14(18)11-5-7-12(8-6-11)17-15(21)16-10-13-4-3-9-20-13/h5-8,13H,2-4,9-10H2,1H3,(H2,16,17,21)/t13-/m0/s1. The molecule has 2 N–H and O–H groups in total. The second-order valence-corrected chi connectivity index (χ2v) is 5.18. The van der Waals surface area contributed by atoms with Gasteiger partial charge in [-0.05, 0) is 56.2 Å². The zero-order valence-electron chi connectivity index (χ0n) is 12.1. The average molecular weight is 308 g/mol. The van der Waals surface area contributed by atoms with Gasteiger partial charge in [0.15, 0.2) is 5.11 Å². The van der Waals surface area contributed by atoms with Gasteiger partial charge in [0.2, 0.25) is 0 Å². The van der Waals surface area contributed by atoms with Crippen molar-refractivity contribution in [3.05, 3.63) is 29.8 Å². The average Bonchev–Trinajstić information content (AvgIpc) is 2.99. The number of thiocarbonyl (C=S) groups is 1. The van der Waals surface area contributed by atoms with Crippen LogP contribution >= 0.6 is 12.2 Å². The van der Waals surface area contributed by atoms with Gasteiger partial charge in [0.1, 0.15) is 0 Å². The third-order valence-corrected chi connectivity index (χ3v) is 3.41. The lowest BCUT2D eigenvalue weighted by Crippen LogP contribution is -2.34. The lowest BCUT2D eigenvalue weighted by molar-refractivity contribution is 0.0526. The molecule has 1 aromatic rings. The van der Waals surface area contributed by atoms with E-state index < -0.39 is 0 Å². The first-order valence-electron chi connectivity index (χ1n) is 7.12. The van der Waals surface area contributed by atoms with Crippen LogP contribution in [0.3, 0.4) is 0 Å². The highest BCUT2D eigenvalue weighted by molar-refractivity contribution is 7.80. The lowest BCUT2D eigenvalue weighted by atomic mass is 10.2. The Morgan fingerprint density at radius 2 is 2.19 bits per heavy atom. The van der Waals surface area contributed by atoms with E-state index in [2.05, 4.69) is 10.6 Å². The van der Waals surface area contributed by atoms with E-state index in [4.69, 9.17) is 21.7 Å². The maximum atomic E-state index is 11.5. The third kappa shape index (κ3) is 4.99. The number of nitrogens with one attached hydrogen (secondary N) is 2. The number of anilines is 1. The fourth-order valence-electron chi connectivity index (χ4n) is 2.09. The molecule has 1 aliphatic heterocycles. The second kappa shape index (κ2) is 7.95. The maximum Gasteiger partial charge on any atom is 0.338 e. The number of ether oxygens (including phenoxy) is 2. The summed E-state index contributed by atoms with van der Waals surface area (Å²) < 4.78 is 10.5. The molecule has 0 saturated carbocycles. The Labute approximate surface area is 130 Å². The van der Waals surface area contributed by atoms with Crippen LogP contribution in [-0.4, -0.2) is 36.9 Å². The van der Waals surface area contributed by atoms with Gasteiger partial charge in [-0.25, -0.2) is 4.79 Å². The Balaban J connectivity index is 1.79. The molecule has 114 valence electrons. The van der Waals surface area contributed by atoms with E-state index in [1.54, 1.807) is 31.2 Å². The van der Waals surface area contributed by atoms with E-state index in [9.17, 15) is 4.79 Å². The summed E-state index contributed by atoms with van der Waals surface area (Å²) in [5.74, 6) is -0.317. The molecule has 0 unspecified atom stereocenters. The van der Waals surface area contributed by atoms with Gasteiger partial charge in [0.05, 0.1) is 18.3 Å². The molecule has 0 radical (unpaired) electrons. The Kier molecular flexibility index (Phi) is 5.95. The summed E-state index contributed by atoms with van der Waals surface area (Å²) in [7, 11) is 0. The van der Waals surface area contributed by atoms with Crippen molar-refractivity contribution in [3.8, 4) is 0 Å². The molecule has 1 atom stereocenters. The van der Waals surface area contributed by atoms with Crippen molar-refractivity contribution in [1.82, 2.24) is 5.32 Å². The Morgan fingerprint density at radius 1 is 1.43 bits per heavy atom. The summed E-state index contributed by atoms with van der Waals surface area (Å²) in [5.41, 5.74) is 1.36. The summed E-state index contributed by atoms with van der Waals surface area (Å²) in [6, 6.07) is 7.02. The van der Waals surface area contributed by atoms with Crippen LogP contribution in [0.2, 0.25) is 0 Å². The van der Waals surface area contributed by atoms with Crippen LogP contribution in [-0.2, 0) is 9.47 Å². The van der Waals surface area contributed by atoms with Gasteiger partial charge in [-0.2, -0.15) is 0 Å². The molecule has 5 nitrogen and oxygen atoms in total. The summed E-state index contributed by atoms with van der Waals surface area (Å²) >= 11 is 5.23. The predicted molar refractivity (Wildman–Crippen MR) is 85.6 cm³/mol. The minimum Gasteiger partial charge on any atom is -0.462 e. The van der Waals surface area contributed by atoms with Crippen molar-refractivity contribution in [2.24, 2.45) is 0 Å². The molecule has 0 spiro atoms. The van der Waals surface area contributed by atoms with Crippen LogP contribution in [0.5, 0.6) is 0 Å². The molecule has 0 aromatic heterocycles. The third-order valence-electron chi connectivity index (χ3n) is 3.17. The Bertz CT molecular complexity index is 484. The molecule has 0 amide bonds. The van der Waals surface area contributed by atoms with E-state index in [0.717, 1.165) is 25.1 Å². The highest BCUT2D eigenvalue weighted by Gasteiger charge is 2.15. The van der Waals surface area contributed by atoms with Crippen molar-refractivity contribution in [2.45, 2.75) is 25.9 Å². The molecule has 0 aliphatic carbocycles. The number of carbonyl (C=O) groups is 1. The molecule has 1 aliphatic rings. The zero-order chi connectivity index (χ0) is 15.1. The van der Waals surface area contributed by atoms with Gasteiger partial charge in [-0.15, -0.1) is 0 Å². The van der Waals surface area contributed by atoms with Crippen LogP contribution in [0.25, 0.3) is 0 Å². The van der Waals surface area contributed by atoms with E-state index >= 15 is 0 Å². The highest BCUT2D eigenvalue weighted by Crippen LogP contribution is 2.12. The molecule has 21 heavy (non-hydrogen) atoms. The number of esters is 1. The van der Waals surface area contributed by atoms with Crippen molar-refractivity contribution in [3.63, 3.8) is 0 Å². The van der Waals surface area contributed by atoms with E-state index in [0.29, 0.717) is 23.8 Å². The first-order chi connectivity index (χ1) is 10.2. The number of hydrogen-bond donors (Lipinski definition) is 2. The van der Waals surface area contributed by atoms with Gasteiger partial charge in [-0.3, -0.25) is 0 Å². The summed E-state index contributed by atoms with van der Waals surface area (Å²) in [6.45, 7) is 3.71. The first kappa shape index (κ1) is 15.7.